The van der Waals surface area contributed by atoms with Gasteiger partial charge in [0.2, 0.25) is 0 Å². The van der Waals surface area contributed by atoms with E-state index in [0.29, 0.717) is 12.1 Å². The van der Waals surface area contributed by atoms with Crippen LogP contribution in [0.4, 0.5) is 0 Å². The molecule has 2 N–H and O–H groups in total. The highest BCUT2D eigenvalue weighted by Gasteiger charge is 2.38. The monoisotopic (exact) mass is 428 g/mol. The maximum Gasteiger partial charge on any atom is 0.250 e. The zero-order chi connectivity index (χ0) is 23.3. The maximum absolute atomic E-state index is 12.3. The van der Waals surface area contributed by atoms with Gasteiger partial charge in [0, 0.05) is 23.5 Å². The number of carbonyl (C=O) groups excluding carboxylic acids is 1. The lowest BCUT2D eigenvalue weighted by Crippen LogP contribution is -2.34. The van der Waals surface area contributed by atoms with Crippen molar-refractivity contribution in [3.8, 4) is 11.3 Å². The number of carbonyl (C=O) groups is 1. The van der Waals surface area contributed by atoms with Crippen LogP contribution in [0.1, 0.15) is 85.8 Å². The van der Waals surface area contributed by atoms with Gasteiger partial charge in [0.05, 0.1) is 5.56 Å². The van der Waals surface area contributed by atoms with Crippen LogP contribution >= 0.6 is 0 Å². The molecule has 2 aromatic carbocycles. The first-order chi connectivity index (χ1) is 15.0. The van der Waals surface area contributed by atoms with Crippen LogP contribution in [0.25, 0.3) is 11.3 Å². The highest BCUT2D eigenvalue weighted by Crippen LogP contribution is 2.48. The molecule has 0 fully saturated rings. The third-order valence-electron chi connectivity index (χ3n) is 7.55. The van der Waals surface area contributed by atoms with Crippen molar-refractivity contribution in [2.75, 3.05) is 0 Å². The topological polar surface area (TPSA) is 48.0 Å². The van der Waals surface area contributed by atoms with E-state index in [4.69, 9.17) is 5.73 Å². The van der Waals surface area contributed by atoms with Crippen molar-refractivity contribution >= 4 is 5.91 Å². The van der Waals surface area contributed by atoms with Gasteiger partial charge in [-0.3, -0.25) is 4.79 Å². The molecule has 0 bridgehead atoms. The maximum atomic E-state index is 12.3. The Morgan fingerprint density at radius 3 is 2.12 bits per heavy atom. The average Bonchev–Trinajstić information content (AvgIpc) is 3.07. The summed E-state index contributed by atoms with van der Waals surface area (Å²) >= 11 is 0. The number of nitrogens with zero attached hydrogens (tertiary/aromatic N) is 1. The molecule has 1 aliphatic carbocycles. The Morgan fingerprint density at radius 2 is 1.56 bits per heavy atom. The van der Waals surface area contributed by atoms with Crippen molar-refractivity contribution in [1.29, 1.82) is 0 Å². The largest absolute Gasteiger partial charge is 0.366 e. The van der Waals surface area contributed by atoms with Crippen molar-refractivity contribution < 1.29 is 4.79 Å². The molecule has 1 aromatic heterocycles. The summed E-state index contributed by atoms with van der Waals surface area (Å²) in [6.07, 6.45) is 3.32. The number of rotatable bonds is 5. The second-order valence-corrected chi connectivity index (χ2v) is 10.6. The van der Waals surface area contributed by atoms with Crippen LogP contribution < -0.4 is 5.73 Å². The van der Waals surface area contributed by atoms with Crippen LogP contribution in [0.3, 0.4) is 0 Å². The summed E-state index contributed by atoms with van der Waals surface area (Å²) in [5, 5.41) is 0. The molecule has 32 heavy (non-hydrogen) atoms. The normalized spacial score (nSPS) is 16.6. The van der Waals surface area contributed by atoms with Gasteiger partial charge in [-0.25, -0.2) is 0 Å². The number of nitrogens with two attached hydrogens (primary N) is 1. The third-order valence-corrected chi connectivity index (χ3v) is 7.55. The molecule has 1 amide bonds. The van der Waals surface area contributed by atoms with E-state index < -0.39 is 0 Å². The van der Waals surface area contributed by atoms with Gasteiger partial charge in [0.1, 0.15) is 0 Å². The number of benzene rings is 2. The predicted molar refractivity (Wildman–Crippen MR) is 133 cm³/mol. The Labute approximate surface area is 192 Å². The zero-order valence-corrected chi connectivity index (χ0v) is 20.4. The second kappa shape index (κ2) is 7.95. The molecule has 3 heteroatoms. The lowest BCUT2D eigenvalue weighted by Gasteiger charge is -2.42. The van der Waals surface area contributed by atoms with Gasteiger partial charge >= 0.3 is 0 Å². The minimum atomic E-state index is -0.368. The summed E-state index contributed by atoms with van der Waals surface area (Å²) < 4.78 is 2.26. The van der Waals surface area contributed by atoms with Gasteiger partial charge in [0.25, 0.3) is 5.91 Å². The predicted octanol–water partition coefficient (Wildman–Crippen LogP) is 6.52. The second-order valence-electron chi connectivity index (χ2n) is 10.6. The van der Waals surface area contributed by atoms with Crippen LogP contribution in [0.5, 0.6) is 0 Å². The van der Waals surface area contributed by atoms with Gasteiger partial charge < -0.3 is 10.3 Å². The van der Waals surface area contributed by atoms with Crippen LogP contribution in [-0.4, -0.2) is 10.5 Å². The number of aromatic nitrogens is 1. The molecule has 0 unspecified atom stereocenters. The molecule has 0 saturated heterocycles. The summed E-state index contributed by atoms with van der Waals surface area (Å²) in [6, 6.07) is 17.3. The summed E-state index contributed by atoms with van der Waals surface area (Å²) in [6.45, 7) is 14.4. The molecule has 168 valence electrons. The summed E-state index contributed by atoms with van der Waals surface area (Å²) in [4.78, 5) is 12.3. The first-order valence-electron chi connectivity index (χ1n) is 11.8. The highest BCUT2D eigenvalue weighted by molar-refractivity contribution is 5.96. The van der Waals surface area contributed by atoms with E-state index in [1.165, 1.54) is 40.7 Å². The number of hydrogen-bond donors (Lipinski definition) is 1. The Kier molecular flexibility index (Phi) is 5.56. The van der Waals surface area contributed by atoms with Crippen molar-refractivity contribution in [1.82, 2.24) is 4.57 Å². The SMILES string of the molecule is CCc1cc2c(cc1-c1cc(C(N)=O)c(C)n1Cc1ccccc1)C(C)(C)CCC2(C)C. The fourth-order valence-electron chi connectivity index (χ4n) is 5.28. The number of primary amides is 1. The minimum absolute atomic E-state index is 0.129. The van der Waals surface area contributed by atoms with E-state index in [9.17, 15) is 4.79 Å². The van der Waals surface area contributed by atoms with Gasteiger partial charge in [-0.15, -0.1) is 0 Å². The molecule has 0 atom stereocenters. The average molecular weight is 429 g/mol. The van der Waals surface area contributed by atoms with Crippen LogP contribution in [0, 0.1) is 6.92 Å². The van der Waals surface area contributed by atoms with Crippen molar-refractivity contribution in [3.05, 3.63) is 82.0 Å². The number of fused-ring (bicyclic) bond motifs is 1. The molecule has 1 aliphatic rings. The Morgan fingerprint density at radius 1 is 0.969 bits per heavy atom. The molecular formula is C29H36N2O. The van der Waals surface area contributed by atoms with E-state index in [1.807, 2.05) is 19.1 Å². The Bertz CT molecular complexity index is 1170. The van der Waals surface area contributed by atoms with Gasteiger partial charge in [-0.05, 0) is 71.4 Å². The molecular weight excluding hydrogens is 392 g/mol. The fourth-order valence-corrected chi connectivity index (χ4v) is 5.28. The number of hydrogen-bond acceptors (Lipinski definition) is 1. The molecule has 0 spiro atoms. The molecule has 0 saturated carbocycles. The van der Waals surface area contributed by atoms with E-state index in [1.54, 1.807) is 0 Å². The molecule has 3 aromatic rings. The Hall–Kier alpha value is -2.81. The quantitative estimate of drug-likeness (QED) is 0.494. The first kappa shape index (κ1) is 22.4. The molecule has 4 rings (SSSR count). The standard InChI is InChI=1S/C29H36N2O/c1-7-21-15-24-25(29(5,6)14-13-28(24,3)4)16-23(21)26-17-22(27(30)32)19(2)31(26)18-20-11-9-8-10-12-20/h8-12,15-17H,7,13-14,18H2,1-6H3,(H2,30,32). The summed E-state index contributed by atoms with van der Waals surface area (Å²) in [7, 11) is 0. The molecule has 0 aliphatic heterocycles. The van der Waals surface area contributed by atoms with Crippen molar-refractivity contribution in [2.45, 2.75) is 78.2 Å². The smallest absolute Gasteiger partial charge is 0.250 e. The molecule has 3 nitrogen and oxygen atoms in total. The number of aryl methyl sites for hydroxylation is 1. The van der Waals surface area contributed by atoms with E-state index >= 15 is 0 Å². The van der Waals surface area contributed by atoms with Crippen LogP contribution in [-0.2, 0) is 23.8 Å². The van der Waals surface area contributed by atoms with Gasteiger partial charge in [0.15, 0.2) is 0 Å². The lowest BCUT2D eigenvalue weighted by atomic mass is 9.62. The summed E-state index contributed by atoms with van der Waals surface area (Å²) in [5.74, 6) is -0.368. The molecule has 1 heterocycles. The van der Waals surface area contributed by atoms with Crippen LogP contribution in [0.15, 0.2) is 48.5 Å². The van der Waals surface area contributed by atoms with E-state index in [0.717, 1.165) is 17.8 Å². The lowest BCUT2D eigenvalue weighted by molar-refractivity contribution is 0.0999. The summed E-state index contributed by atoms with van der Waals surface area (Å²) in [5.41, 5.74) is 15.4. The molecule has 0 radical (unpaired) electrons. The first-order valence-corrected chi connectivity index (χ1v) is 11.8. The van der Waals surface area contributed by atoms with Gasteiger partial charge in [-0.2, -0.15) is 0 Å². The van der Waals surface area contributed by atoms with Gasteiger partial charge in [-0.1, -0.05) is 71.0 Å². The Balaban J connectivity index is 1.97. The van der Waals surface area contributed by atoms with E-state index in [2.05, 4.69) is 75.6 Å². The highest BCUT2D eigenvalue weighted by atomic mass is 16.1. The third kappa shape index (κ3) is 3.79. The van der Waals surface area contributed by atoms with E-state index in [-0.39, 0.29) is 16.7 Å². The zero-order valence-electron chi connectivity index (χ0n) is 20.4. The number of amides is 1. The fraction of sp³-hybridized carbons (Fsp3) is 0.414. The van der Waals surface area contributed by atoms with Crippen molar-refractivity contribution in [3.63, 3.8) is 0 Å². The minimum Gasteiger partial charge on any atom is -0.366 e. The van der Waals surface area contributed by atoms with Crippen molar-refractivity contribution in [2.24, 2.45) is 5.73 Å². The van der Waals surface area contributed by atoms with Crippen LogP contribution in [0.2, 0.25) is 0 Å².